The lowest BCUT2D eigenvalue weighted by Gasteiger charge is -2.34. The first-order valence-corrected chi connectivity index (χ1v) is 10.2. The maximum absolute atomic E-state index is 12.6. The molecule has 174 valence electrons. The van der Waals surface area contributed by atoms with Gasteiger partial charge in [-0.3, -0.25) is 4.79 Å². The zero-order chi connectivity index (χ0) is 24.3. The van der Waals surface area contributed by atoms with E-state index in [9.17, 15) is 22.8 Å². The van der Waals surface area contributed by atoms with Crippen molar-refractivity contribution in [3.8, 4) is 12.3 Å². The second-order valence-corrected chi connectivity index (χ2v) is 7.51. The van der Waals surface area contributed by atoms with Crippen molar-refractivity contribution in [1.29, 1.82) is 0 Å². The van der Waals surface area contributed by atoms with Gasteiger partial charge in [0.05, 0.1) is 5.52 Å². The molecule has 0 radical (unpaired) electrons. The second-order valence-electron chi connectivity index (χ2n) is 7.51. The van der Waals surface area contributed by atoms with E-state index < -0.39 is 18.1 Å². The number of nitrogens with one attached hydrogen (secondary N) is 2. The Morgan fingerprint density at radius 3 is 2.41 bits per heavy atom. The Kier molecular flexibility index (Phi) is 6.23. The summed E-state index contributed by atoms with van der Waals surface area (Å²) in [5.74, 6) is 1.18. The lowest BCUT2D eigenvalue weighted by molar-refractivity contribution is -0.186. The van der Waals surface area contributed by atoms with Gasteiger partial charge in [-0.1, -0.05) is 12.0 Å². The first kappa shape index (κ1) is 22.8. The topological polar surface area (TPSA) is 90.5 Å². The average Bonchev–Trinajstić information content (AvgIpc) is 2.83. The number of halogens is 3. The highest BCUT2D eigenvalue weighted by Gasteiger charge is 2.43. The van der Waals surface area contributed by atoms with E-state index >= 15 is 0 Å². The summed E-state index contributed by atoms with van der Waals surface area (Å²) in [4.78, 5) is 34.6. The molecule has 1 aliphatic rings. The molecule has 0 spiro atoms. The fraction of sp³-hybridized carbons (Fsp3) is 0.217. The summed E-state index contributed by atoms with van der Waals surface area (Å²) in [7, 11) is 0. The zero-order valence-electron chi connectivity index (χ0n) is 17.8. The summed E-state index contributed by atoms with van der Waals surface area (Å²) < 4.78 is 37.8. The average molecular weight is 468 g/mol. The summed E-state index contributed by atoms with van der Waals surface area (Å²) in [6.07, 6.45) is 1.94. The van der Waals surface area contributed by atoms with E-state index in [-0.39, 0.29) is 26.2 Å². The van der Waals surface area contributed by atoms with Crippen LogP contribution in [0.4, 0.5) is 35.2 Å². The van der Waals surface area contributed by atoms with E-state index in [2.05, 4.69) is 26.5 Å². The van der Waals surface area contributed by atoms with Crippen LogP contribution in [0.25, 0.3) is 10.9 Å². The first-order valence-electron chi connectivity index (χ1n) is 10.2. The van der Waals surface area contributed by atoms with Crippen LogP contribution < -0.4 is 10.6 Å². The molecular formula is C23H19F3N6O2. The number of alkyl halides is 3. The zero-order valence-corrected chi connectivity index (χ0v) is 17.8. The number of urea groups is 1. The molecule has 8 nitrogen and oxygen atoms in total. The van der Waals surface area contributed by atoms with E-state index in [0.717, 1.165) is 5.69 Å². The molecule has 1 aliphatic heterocycles. The minimum Gasteiger partial charge on any atom is -0.340 e. The predicted octanol–water partition coefficient (Wildman–Crippen LogP) is 3.59. The van der Waals surface area contributed by atoms with E-state index in [1.54, 1.807) is 30.3 Å². The minimum absolute atomic E-state index is 0.0112. The summed E-state index contributed by atoms with van der Waals surface area (Å²) in [6.45, 7) is -0.407. The molecule has 3 amide bonds. The number of benzene rings is 2. The number of hydrogen-bond donors (Lipinski definition) is 2. The summed E-state index contributed by atoms with van der Waals surface area (Å²) in [5.41, 5.74) is 2.54. The van der Waals surface area contributed by atoms with Gasteiger partial charge < -0.3 is 20.4 Å². The van der Waals surface area contributed by atoms with Gasteiger partial charge in [-0.2, -0.15) is 13.2 Å². The fourth-order valence-corrected chi connectivity index (χ4v) is 3.55. The highest BCUT2D eigenvalue weighted by molar-refractivity contribution is 5.97. The first-order chi connectivity index (χ1) is 16.2. The molecule has 34 heavy (non-hydrogen) atoms. The summed E-state index contributed by atoms with van der Waals surface area (Å²) in [5, 5.41) is 6.58. The van der Waals surface area contributed by atoms with Crippen LogP contribution in [0.1, 0.15) is 5.56 Å². The molecule has 1 saturated heterocycles. The third-order valence-corrected chi connectivity index (χ3v) is 5.28. The minimum atomic E-state index is -4.93. The van der Waals surface area contributed by atoms with Crippen LogP contribution in [-0.4, -0.2) is 64.1 Å². The number of hydrogen-bond acceptors (Lipinski definition) is 5. The van der Waals surface area contributed by atoms with Gasteiger partial charge in [0.2, 0.25) is 0 Å². The molecule has 2 aromatic carbocycles. The number of fused-ring (bicyclic) bond motifs is 1. The number of rotatable bonds is 3. The van der Waals surface area contributed by atoms with Crippen LogP contribution >= 0.6 is 0 Å². The van der Waals surface area contributed by atoms with Crippen molar-refractivity contribution in [2.24, 2.45) is 0 Å². The summed E-state index contributed by atoms with van der Waals surface area (Å²) >= 11 is 0. The van der Waals surface area contributed by atoms with Crippen molar-refractivity contribution < 1.29 is 22.8 Å². The predicted molar refractivity (Wildman–Crippen MR) is 120 cm³/mol. The highest BCUT2D eigenvalue weighted by atomic mass is 19.4. The molecule has 0 saturated carbocycles. The van der Waals surface area contributed by atoms with E-state index in [4.69, 9.17) is 6.42 Å². The van der Waals surface area contributed by atoms with Crippen LogP contribution in [0.15, 0.2) is 48.8 Å². The monoisotopic (exact) mass is 468 g/mol. The largest absolute Gasteiger partial charge is 0.471 e. The Morgan fingerprint density at radius 1 is 0.971 bits per heavy atom. The Bertz CT molecular complexity index is 1280. The third kappa shape index (κ3) is 5.01. The van der Waals surface area contributed by atoms with Gasteiger partial charge in [-0.05, 0) is 36.4 Å². The quantitative estimate of drug-likeness (QED) is 0.574. The Balaban J connectivity index is 1.47. The number of terminal acetylenes is 1. The number of amides is 3. The lowest BCUT2D eigenvalue weighted by Crippen LogP contribution is -2.54. The molecule has 2 N–H and O–H groups in total. The van der Waals surface area contributed by atoms with Crippen molar-refractivity contribution in [3.63, 3.8) is 0 Å². The number of carbonyl (C=O) groups is 2. The molecule has 11 heteroatoms. The molecule has 0 aliphatic carbocycles. The Hall–Kier alpha value is -4.33. The van der Waals surface area contributed by atoms with Gasteiger partial charge in [0.15, 0.2) is 0 Å². The number of piperazine rings is 1. The van der Waals surface area contributed by atoms with Crippen LogP contribution in [0.2, 0.25) is 0 Å². The Labute approximate surface area is 192 Å². The molecule has 0 bridgehead atoms. The fourth-order valence-electron chi connectivity index (χ4n) is 3.55. The van der Waals surface area contributed by atoms with Crippen molar-refractivity contribution in [3.05, 3.63) is 54.4 Å². The van der Waals surface area contributed by atoms with E-state index in [0.29, 0.717) is 32.9 Å². The standard InChI is InChI=1S/C23H19F3N6O2/c1-2-15-4-3-5-16(12-15)29-20-18-13-17(6-7-19(18)27-14-28-20)30-22(34)32-10-8-31(9-11-32)21(33)23(24,25)26/h1,3-7,12-14H,8-11H2,(H,30,34)(H,27,28,29). The van der Waals surface area contributed by atoms with Crippen LogP contribution in [0.3, 0.4) is 0 Å². The molecule has 2 heterocycles. The molecule has 0 atom stereocenters. The third-order valence-electron chi connectivity index (χ3n) is 5.28. The molecule has 1 fully saturated rings. The molecule has 4 rings (SSSR count). The van der Waals surface area contributed by atoms with Crippen LogP contribution in [0.5, 0.6) is 0 Å². The maximum atomic E-state index is 12.6. The number of nitrogens with zero attached hydrogens (tertiary/aromatic N) is 4. The normalized spacial score (nSPS) is 13.9. The highest BCUT2D eigenvalue weighted by Crippen LogP contribution is 2.26. The molecule has 0 unspecified atom stereocenters. The Morgan fingerprint density at radius 2 is 1.71 bits per heavy atom. The number of carbonyl (C=O) groups excluding carboxylic acids is 2. The lowest BCUT2D eigenvalue weighted by atomic mass is 10.2. The van der Waals surface area contributed by atoms with Crippen molar-refractivity contribution in [2.75, 3.05) is 36.8 Å². The molecule has 3 aromatic rings. The van der Waals surface area contributed by atoms with Crippen molar-refractivity contribution in [1.82, 2.24) is 19.8 Å². The van der Waals surface area contributed by atoms with Crippen molar-refractivity contribution >= 4 is 40.0 Å². The van der Waals surface area contributed by atoms with Gasteiger partial charge in [0.1, 0.15) is 12.1 Å². The van der Waals surface area contributed by atoms with Gasteiger partial charge in [-0.25, -0.2) is 14.8 Å². The van der Waals surface area contributed by atoms with Gasteiger partial charge in [-0.15, -0.1) is 6.42 Å². The second kappa shape index (κ2) is 9.27. The van der Waals surface area contributed by atoms with Crippen LogP contribution in [-0.2, 0) is 4.79 Å². The van der Waals surface area contributed by atoms with Gasteiger partial charge in [0, 0.05) is 48.5 Å². The molecular weight excluding hydrogens is 449 g/mol. The smallest absolute Gasteiger partial charge is 0.340 e. The number of anilines is 3. The van der Waals surface area contributed by atoms with Crippen LogP contribution in [0, 0.1) is 12.3 Å². The van der Waals surface area contributed by atoms with Gasteiger partial charge in [0.25, 0.3) is 0 Å². The SMILES string of the molecule is C#Cc1cccc(Nc2ncnc3ccc(NC(=O)N4CCN(C(=O)C(F)(F)F)CC4)cc23)c1. The maximum Gasteiger partial charge on any atom is 0.471 e. The van der Waals surface area contributed by atoms with Crippen molar-refractivity contribution in [2.45, 2.75) is 6.18 Å². The molecule has 1 aromatic heterocycles. The van der Waals surface area contributed by atoms with E-state index in [1.807, 2.05) is 12.1 Å². The van der Waals surface area contributed by atoms with Gasteiger partial charge >= 0.3 is 18.1 Å². The summed E-state index contributed by atoms with van der Waals surface area (Å²) in [6, 6.07) is 11.8. The van der Waals surface area contributed by atoms with E-state index in [1.165, 1.54) is 11.2 Å². The number of aromatic nitrogens is 2.